The number of hydrogen-bond donors (Lipinski definition) is 1. The maximum absolute atomic E-state index is 10.0. The van der Waals surface area contributed by atoms with Crippen LogP contribution >= 0.6 is 11.6 Å². The molecule has 2 N–H and O–H groups in total. The highest BCUT2D eigenvalue weighted by atomic mass is 35.5. The van der Waals surface area contributed by atoms with Crippen LogP contribution in [-0.4, -0.2) is 25.0 Å². The summed E-state index contributed by atoms with van der Waals surface area (Å²) < 4.78 is 11.5. The van der Waals surface area contributed by atoms with Crippen molar-refractivity contribution in [1.29, 1.82) is 10.5 Å². The van der Waals surface area contributed by atoms with Crippen molar-refractivity contribution in [3.05, 3.63) is 34.9 Å². The van der Waals surface area contributed by atoms with E-state index in [4.69, 9.17) is 26.8 Å². The van der Waals surface area contributed by atoms with E-state index in [0.717, 1.165) is 5.56 Å². The second kappa shape index (κ2) is 5.46. The van der Waals surface area contributed by atoms with Crippen molar-refractivity contribution in [2.45, 2.75) is 25.7 Å². The van der Waals surface area contributed by atoms with Crippen molar-refractivity contribution in [1.82, 2.24) is 0 Å². The first-order valence-corrected chi connectivity index (χ1v) is 8.09. The number of halogens is 1. The topological polar surface area (TPSA) is 104 Å². The molecule has 124 valence electrons. The third-order valence-electron chi connectivity index (χ3n) is 4.79. The number of amidine groups is 1. The number of nitriles is 2. The Kier molecular flexibility index (Phi) is 3.80. The normalized spacial score (nSPS) is 32.4. The average Bonchev–Trinajstić information content (AvgIpc) is 3.14. The summed E-state index contributed by atoms with van der Waals surface area (Å²) in [5, 5.41) is 20.5. The van der Waals surface area contributed by atoms with Crippen molar-refractivity contribution in [3.63, 3.8) is 0 Å². The molecule has 0 unspecified atom stereocenters. The molecule has 1 aromatic carbocycles. The molecule has 0 saturated heterocycles. The Balaban J connectivity index is 2.23. The third-order valence-corrected chi connectivity index (χ3v) is 5.02. The molecule has 0 amide bonds. The highest BCUT2D eigenvalue weighted by molar-refractivity contribution is 6.30. The molecule has 1 aromatic rings. The number of nitrogens with zero attached hydrogens (tertiary/aromatic N) is 3. The Bertz CT molecular complexity index is 791. The fourth-order valence-electron chi connectivity index (χ4n) is 3.94. The summed E-state index contributed by atoms with van der Waals surface area (Å²) in [6.07, 6.45) is 0. The lowest BCUT2D eigenvalue weighted by atomic mass is 9.93. The Morgan fingerprint density at radius 3 is 2.42 bits per heavy atom. The molecule has 6 nitrogen and oxygen atoms in total. The predicted octanol–water partition coefficient (Wildman–Crippen LogP) is 2.55. The molecule has 7 heteroatoms. The fraction of sp³-hybridized carbons (Fsp3) is 0.471. The van der Waals surface area contributed by atoms with Gasteiger partial charge >= 0.3 is 0 Å². The molecule has 3 atom stereocenters. The lowest BCUT2D eigenvalue weighted by Crippen LogP contribution is -2.43. The summed E-state index contributed by atoms with van der Waals surface area (Å²) in [6.45, 7) is 4.09. The van der Waals surface area contributed by atoms with E-state index in [1.165, 1.54) is 0 Å². The number of benzene rings is 1. The first kappa shape index (κ1) is 16.7. The van der Waals surface area contributed by atoms with E-state index in [1.807, 2.05) is 6.07 Å². The quantitative estimate of drug-likeness (QED) is 0.826. The van der Waals surface area contributed by atoms with Gasteiger partial charge in [-0.15, -0.1) is 0 Å². The monoisotopic (exact) mass is 344 g/mol. The molecule has 1 heterocycles. The predicted molar refractivity (Wildman–Crippen MR) is 87.9 cm³/mol. The molecule has 1 fully saturated rings. The maximum Gasteiger partial charge on any atom is 0.293 e. The largest absolute Gasteiger partial charge is 0.386 e. The molecule has 1 aliphatic heterocycles. The van der Waals surface area contributed by atoms with Crippen LogP contribution < -0.4 is 5.73 Å². The summed E-state index contributed by atoms with van der Waals surface area (Å²) in [5.41, 5.74) is 4.24. The standard InChI is InChI=1S/C17H17ClN4O2/c1-3-23-17(24-4-2)16(10-20)13(11-6-5-7-12(18)8-11)15(16,9-19)14(21)22-17/h5-8,13H,3-4H2,1-2H3,(H2,21,22)/t13-,15-,16-/m1/s1. The lowest BCUT2D eigenvalue weighted by Gasteiger charge is -2.31. The Hall–Kier alpha value is -2.12. The molecule has 1 aliphatic carbocycles. The van der Waals surface area contributed by atoms with Gasteiger partial charge in [-0.05, 0) is 31.5 Å². The molecule has 0 radical (unpaired) electrons. The van der Waals surface area contributed by atoms with Gasteiger partial charge in [0.15, 0.2) is 5.41 Å². The number of hydrogen-bond acceptors (Lipinski definition) is 6. The van der Waals surface area contributed by atoms with Crippen molar-refractivity contribution < 1.29 is 9.47 Å². The lowest BCUT2D eigenvalue weighted by molar-refractivity contribution is -0.255. The van der Waals surface area contributed by atoms with Gasteiger partial charge in [0.2, 0.25) is 0 Å². The molecule has 24 heavy (non-hydrogen) atoms. The van der Waals surface area contributed by atoms with Crippen LogP contribution in [0.15, 0.2) is 29.3 Å². The Morgan fingerprint density at radius 1 is 1.25 bits per heavy atom. The number of aliphatic imine (C=N–C) groups is 1. The van der Waals surface area contributed by atoms with Gasteiger partial charge < -0.3 is 15.2 Å². The van der Waals surface area contributed by atoms with Crippen LogP contribution in [0.25, 0.3) is 0 Å². The first-order chi connectivity index (χ1) is 11.5. The van der Waals surface area contributed by atoms with E-state index in [9.17, 15) is 10.5 Å². The minimum absolute atomic E-state index is 0.0680. The SMILES string of the molecule is CCOC1(OCC)N=C(N)[C@@]2(C#N)[C@@H](c3cccc(Cl)c3)[C@@]12C#N. The van der Waals surface area contributed by atoms with Crippen LogP contribution in [-0.2, 0) is 9.47 Å². The van der Waals surface area contributed by atoms with Crippen LogP contribution in [0, 0.1) is 33.5 Å². The number of fused-ring (bicyclic) bond motifs is 1. The zero-order valence-corrected chi connectivity index (χ0v) is 14.2. The molecular weight excluding hydrogens is 328 g/mol. The molecule has 3 rings (SSSR count). The van der Waals surface area contributed by atoms with Gasteiger partial charge in [0.25, 0.3) is 5.91 Å². The smallest absolute Gasteiger partial charge is 0.293 e. The molecule has 0 aromatic heterocycles. The average molecular weight is 345 g/mol. The van der Waals surface area contributed by atoms with E-state index in [0.29, 0.717) is 5.02 Å². The van der Waals surface area contributed by atoms with Gasteiger partial charge in [0, 0.05) is 24.2 Å². The van der Waals surface area contributed by atoms with Crippen molar-refractivity contribution in [3.8, 4) is 12.1 Å². The van der Waals surface area contributed by atoms with Crippen molar-refractivity contribution in [2.75, 3.05) is 13.2 Å². The molecule has 2 aliphatic rings. The van der Waals surface area contributed by atoms with Gasteiger partial charge in [-0.2, -0.15) is 10.5 Å². The van der Waals surface area contributed by atoms with Crippen LogP contribution in [0.1, 0.15) is 25.3 Å². The number of ether oxygens (including phenoxy) is 2. The summed E-state index contributed by atoms with van der Waals surface area (Å²) in [7, 11) is 0. The summed E-state index contributed by atoms with van der Waals surface area (Å²) in [4.78, 5) is 4.29. The zero-order valence-electron chi connectivity index (χ0n) is 13.4. The van der Waals surface area contributed by atoms with E-state index in [1.54, 1.807) is 32.0 Å². The van der Waals surface area contributed by atoms with Crippen LogP contribution in [0.2, 0.25) is 5.02 Å². The summed E-state index contributed by atoms with van der Waals surface area (Å²) >= 11 is 6.09. The minimum Gasteiger partial charge on any atom is -0.386 e. The second-order valence-corrected chi connectivity index (χ2v) is 6.21. The van der Waals surface area contributed by atoms with E-state index >= 15 is 0 Å². The fourth-order valence-corrected chi connectivity index (χ4v) is 4.13. The summed E-state index contributed by atoms with van der Waals surface area (Å²) in [6, 6.07) is 11.5. The molecule has 1 saturated carbocycles. The van der Waals surface area contributed by atoms with Gasteiger partial charge in [-0.25, -0.2) is 4.99 Å². The Morgan fingerprint density at radius 2 is 1.92 bits per heavy atom. The minimum atomic E-state index is -1.59. The van der Waals surface area contributed by atoms with Crippen LogP contribution in [0.5, 0.6) is 0 Å². The second-order valence-electron chi connectivity index (χ2n) is 5.77. The van der Waals surface area contributed by atoms with Gasteiger partial charge in [0.1, 0.15) is 11.3 Å². The van der Waals surface area contributed by atoms with Crippen molar-refractivity contribution >= 4 is 17.4 Å². The zero-order chi connectivity index (χ0) is 17.6. The van der Waals surface area contributed by atoms with Gasteiger partial charge in [-0.1, -0.05) is 23.7 Å². The number of rotatable bonds is 5. The van der Waals surface area contributed by atoms with Crippen LogP contribution in [0.4, 0.5) is 0 Å². The molecule has 0 bridgehead atoms. The molecular formula is C17H17ClN4O2. The highest BCUT2D eigenvalue weighted by Gasteiger charge is 2.93. The van der Waals surface area contributed by atoms with E-state index < -0.39 is 22.7 Å². The molecule has 0 spiro atoms. The van der Waals surface area contributed by atoms with Crippen molar-refractivity contribution in [2.24, 2.45) is 21.6 Å². The third kappa shape index (κ3) is 1.68. The summed E-state index contributed by atoms with van der Waals surface area (Å²) in [5.74, 6) is -2.04. The first-order valence-electron chi connectivity index (χ1n) is 7.71. The maximum atomic E-state index is 10.0. The van der Waals surface area contributed by atoms with Gasteiger partial charge in [-0.3, -0.25) is 0 Å². The van der Waals surface area contributed by atoms with E-state index in [-0.39, 0.29) is 19.0 Å². The van der Waals surface area contributed by atoms with Gasteiger partial charge in [0.05, 0.1) is 12.1 Å². The van der Waals surface area contributed by atoms with Crippen LogP contribution in [0.3, 0.4) is 0 Å². The number of nitrogens with two attached hydrogens (primary N) is 1. The highest BCUT2D eigenvalue weighted by Crippen LogP contribution is 2.82. The Labute approximate surface area is 145 Å². The van der Waals surface area contributed by atoms with E-state index in [2.05, 4.69) is 17.1 Å².